The summed E-state index contributed by atoms with van der Waals surface area (Å²) < 4.78 is 1.19. The van der Waals surface area contributed by atoms with Crippen molar-refractivity contribution >= 4 is 21.6 Å². The molecule has 1 aliphatic carbocycles. The van der Waals surface area contributed by atoms with Crippen molar-refractivity contribution in [2.45, 2.75) is 51.5 Å². The van der Waals surface area contributed by atoms with Crippen LogP contribution < -0.4 is 10.6 Å². The lowest BCUT2D eigenvalue weighted by Crippen LogP contribution is -2.39. The summed E-state index contributed by atoms with van der Waals surface area (Å²) in [7, 11) is 0. The molecule has 1 aromatic carbocycles. The van der Waals surface area contributed by atoms with E-state index in [1.165, 1.54) is 67.3 Å². The molecule has 0 aromatic heterocycles. The molecule has 0 bridgehead atoms. The van der Waals surface area contributed by atoms with E-state index in [4.69, 9.17) is 5.73 Å². The summed E-state index contributed by atoms with van der Waals surface area (Å²) in [5, 5.41) is 0. The number of halogens is 1. The van der Waals surface area contributed by atoms with E-state index in [9.17, 15) is 0 Å². The Labute approximate surface area is 130 Å². The number of rotatable bonds is 2. The van der Waals surface area contributed by atoms with Gasteiger partial charge in [-0.1, -0.05) is 18.9 Å². The second-order valence-electron chi connectivity index (χ2n) is 6.69. The maximum absolute atomic E-state index is 5.96. The molecule has 3 heteroatoms. The van der Waals surface area contributed by atoms with Crippen LogP contribution in [0.25, 0.3) is 0 Å². The average molecular weight is 337 g/mol. The number of benzene rings is 1. The summed E-state index contributed by atoms with van der Waals surface area (Å²) in [6, 6.07) is 6.68. The van der Waals surface area contributed by atoms with E-state index in [0.29, 0.717) is 5.41 Å². The maximum atomic E-state index is 5.96. The molecule has 0 radical (unpaired) electrons. The van der Waals surface area contributed by atoms with Crippen molar-refractivity contribution in [3.8, 4) is 0 Å². The second-order valence-corrected chi connectivity index (χ2v) is 7.55. The molecule has 0 amide bonds. The number of anilines is 1. The van der Waals surface area contributed by atoms with E-state index < -0.39 is 0 Å². The Kier molecular flexibility index (Phi) is 4.09. The highest BCUT2D eigenvalue weighted by molar-refractivity contribution is 9.10. The standard InChI is InChI=1S/C17H25BrN2/c1-13(19)14-4-5-16(15(18)12-14)20-10-8-17(9-11-20)6-2-3-7-17/h4-5,12-13H,2-3,6-11,19H2,1H3. The Balaban J connectivity index is 1.71. The molecule has 2 aliphatic rings. The van der Waals surface area contributed by atoms with Crippen LogP contribution >= 0.6 is 15.9 Å². The Bertz CT molecular complexity index is 468. The molecule has 1 atom stereocenters. The Hall–Kier alpha value is -0.540. The van der Waals surface area contributed by atoms with Crippen LogP contribution in [0.2, 0.25) is 0 Å². The molecule has 20 heavy (non-hydrogen) atoms. The third kappa shape index (κ3) is 2.75. The number of nitrogens with two attached hydrogens (primary N) is 1. The molecule has 1 heterocycles. The van der Waals surface area contributed by atoms with E-state index >= 15 is 0 Å². The molecule has 110 valence electrons. The summed E-state index contributed by atoms with van der Waals surface area (Å²) >= 11 is 3.73. The minimum Gasteiger partial charge on any atom is -0.371 e. The van der Waals surface area contributed by atoms with Gasteiger partial charge in [0.1, 0.15) is 0 Å². The van der Waals surface area contributed by atoms with Gasteiger partial charge in [0.05, 0.1) is 5.69 Å². The molecule has 1 aromatic rings. The normalized spacial score (nSPS) is 23.2. The lowest BCUT2D eigenvalue weighted by Gasteiger charge is -2.41. The molecule has 2 fully saturated rings. The van der Waals surface area contributed by atoms with E-state index in [1.54, 1.807) is 0 Å². The van der Waals surface area contributed by atoms with Crippen LogP contribution in [0.15, 0.2) is 22.7 Å². The minimum atomic E-state index is 0.100. The maximum Gasteiger partial charge on any atom is 0.0510 e. The largest absolute Gasteiger partial charge is 0.371 e. The zero-order valence-corrected chi connectivity index (χ0v) is 14.0. The van der Waals surface area contributed by atoms with Crippen LogP contribution in [0.1, 0.15) is 57.1 Å². The topological polar surface area (TPSA) is 29.3 Å². The molecule has 2 N–H and O–H groups in total. The molecule has 1 spiro atoms. The van der Waals surface area contributed by atoms with Gasteiger partial charge in [-0.2, -0.15) is 0 Å². The lowest BCUT2D eigenvalue weighted by atomic mass is 9.77. The summed E-state index contributed by atoms with van der Waals surface area (Å²) in [6.07, 6.45) is 8.57. The van der Waals surface area contributed by atoms with Crippen molar-refractivity contribution in [3.63, 3.8) is 0 Å². The molecule has 1 aliphatic heterocycles. The van der Waals surface area contributed by atoms with Gasteiger partial charge in [-0.05, 0) is 71.6 Å². The van der Waals surface area contributed by atoms with Crippen molar-refractivity contribution in [1.82, 2.24) is 0 Å². The number of piperidine rings is 1. The fourth-order valence-electron chi connectivity index (χ4n) is 3.91. The molecular weight excluding hydrogens is 312 g/mol. The first kappa shape index (κ1) is 14.4. The van der Waals surface area contributed by atoms with E-state index in [0.717, 1.165) is 0 Å². The van der Waals surface area contributed by atoms with Gasteiger partial charge in [0.2, 0.25) is 0 Å². The third-order valence-corrected chi connectivity index (χ3v) is 5.96. The summed E-state index contributed by atoms with van der Waals surface area (Å²) in [5.41, 5.74) is 9.18. The smallest absolute Gasteiger partial charge is 0.0510 e. The Morgan fingerprint density at radius 3 is 2.35 bits per heavy atom. The second kappa shape index (κ2) is 5.69. The first-order valence-electron chi connectivity index (χ1n) is 7.90. The Morgan fingerprint density at radius 2 is 1.80 bits per heavy atom. The molecule has 1 saturated heterocycles. The fraction of sp³-hybridized carbons (Fsp3) is 0.647. The molecular formula is C17H25BrN2. The predicted octanol–water partition coefficient (Wildman–Crippen LogP) is 4.63. The van der Waals surface area contributed by atoms with Gasteiger partial charge in [-0.25, -0.2) is 0 Å². The average Bonchev–Trinajstić information content (AvgIpc) is 2.88. The highest BCUT2D eigenvalue weighted by atomic mass is 79.9. The molecule has 2 nitrogen and oxygen atoms in total. The summed E-state index contributed by atoms with van der Waals surface area (Å²) in [6.45, 7) is 4.44. The first-order valence-corrected chi connectivity index (χ1v) is 8.69. The fourth-order valence-corrected chi connectivity index (χ4v) is 4.56. The Morgan fingerprint density at radius 1 is 1.15 bits per heavy atom. The minimum absolute atomic E-state index is 0.100. The van der Waals surface area contributed by atoms with Gasteiger partial charge in [0, 0.05) is 23.6 Å². The van der Waals surface area contributed by atoms with Crippen molar-refractivity contribution in [2.75, 3.05) is 18.0 Å². The van der Waals surface area contributed by atoms with Crippen molar-refractivity contribution in [1.29, 1.82) is 0 Å². The monoisotopic (exact) mass is 336 g/mol. The highest BCUT2D eigenvalue weighted by Gasteiger charge is 2.37. The van der Waals surface area contributed by atoms with Crippen LogP contribution in [-0.4, -0.2) is 13.1 Å². The van der Waals surface area contributed by atoms with Crippen molar-refractivity contribution < 1.29 is 0 Å². The van der Waals surface area contributed by atoms with Crippen LogP contribution in [0.3, 0.4) is 0 Å². The SMILES string of the molecule is CC(N)c1ccc(N2CCC3(CCCC3)CC2)c(Br)c1. The number of hydrogen-bond donors (Lipinski definition) is 1. The molecule has 1 unspecified atom stereocenters. The van der Waals surface area contributed by atoms with Crippen LogP contribution in [0, 0.1) is 5.41 Å². The van der Waals surface area contributed by atoms with E-state index in [2.05, 4.69) is 39.0 Å². The number of hydrogen-bond acceptors (Lipinski definition) is 2. The zero-order chi connectivity index (χ0) is 14.2. The van der Waals surface area contributed by atoms with E-state index in [-0.39, 0.29) is 6.04 Å². The quantitative estimate of drug-likeness (QED) is 0.853. The van der Waals surface area contributed by atoms with Gasteiger partial charge in [-0.15, -0.1) is 0 Å². The number of nitrogens with zero attached hydrogens (tertiary/aromatic N) is 1. The summed E-state index contributed by atoms with van der Waals surface area (Å²) in [4.78, 5) is 2.54. The zero-order valence-electron chi connectivity index (χ0n) is 12.4. The van der Waals surface area contributed by atoms with Gasteiger partial charge < -0.3 is 10.6 Å². The first-order chi connectivity index (χ1) is 9.60. The van der Waals surface area contributed by atoms with Crippen molar-refractivity contribution in [3.05, 3.63) is 28.2 Å². The highest BCUT2D eigenvalue weighted by Crippen LogP contribution is 2.47. The molecule has 3 rings (SSSR count). The van der Waals surface area contributed by atoms with Crippen LogP contribution in [0.5, 0.6) is 0 Å². The van der Waals surface area contributed by atoms with Gasteiger partial charge in [-0.3, -0.25) is 0 Å². The van der Waals surface area contributed by atoms with Crippen LogP contribution in [0.4, 0.5) is 5.69 Å². The van der Waals surface area contributed by atoms with Gasteiger partial charge >= 0.3 is 0 Å². The van der Waals surface area contributed by atoms with E-state index in [1.807, 2.05) is 6.92 Å². The van der Waals surface area contributed by atoms with Gasteiger partial charge in [0.15, 0.2) is 0 Å². The summed E-state index contributed by atoms with van der Waals surface area (Å²) in [5.74, 6) is 0. The predicted molar refractivity (Wildman–Crippen MR) is 89.1 cm³/mol. The molecule has 1 saturated carbocycles. The van der Waals surface area contributed by atoms with Gasteiger partial charge in [0.25, 0.3) is 0 Å². The lowest BCUT2D eigenvalue weighted by molar-refractivity contribution is 0.226. The van der Waals surface area contributed by atoms with Crippen LogP contribution in [-0.2, 0) is 0 Å². The van der Waals surface area contributed by atoms with Crippen molar-refractivity contribution in [2.24, 2.45) is 11.1 Å². The third-order valence-electron chi connectivity index (χ3n) is 5.33.